The summed E-state index contributed by atoms with van der Waals surface area (Å²) in [5, 5.41) is 0. The van der Waals surface area contributed by atoms with Crippen LogP contribution in [0.1, 0.15) is 36.3 Å². The van der Waals surface area contributed by atoms with Crippen molar-refractivity contribution in [3.63, 3.8) is 0 Å². The van der Waals surface area contributed by atoms with E-state index in [-0.39, 0.29) is 11.8 Å². The fourth-order valence-corrected chi connectivity index (χ4v) is 3.45. The van der Waals surface area contributed by atoms with Crippen molar-refractivity contribution in [2.24, 2.45) is 5.73 Å². The first-order valence-corrected chi connectivity index (χ1v) is 6.85. The Labute approximate surface area is 118 Å². The van der Waals surface area contributed by atoms with Gasteiger partial charge in [-0.1, -0.05) is 18.6 Å². The summed E-state index contributed by atoms with van der Waals surface area (Å²) in [5.41, 5.74) is 7.14. The van der Waals surface area contributed by atoms with Crippen LogP contribution in [0.3, 0.4) is 0 Å². The SMILES string of the molecule is NC(=O)C1(c2cccnc2)CCCC1c1cccnc1. The largest absolute Gasteiger partial charge is 0.369 e. The summed E-state index contributed by atoms with van der Waals surface area (Å²) in [7, 11) is 0. The normalized spacial score (nSPS) is 25.5. The fourth-order valence-electron chi connectivity index (χ4n) is 3.45. The highest BCUT2D eigenvalue weighted by Crippen LogP contribution is 2.50. The van der Waals surface area contributed by atoms with Gasteiger partial charge in [-0.2, -0.15) is 0 Å². The fraction of sp³-hybridized carbons (Fsp3) is 0.312. The lowest BCUT2D eigenvalue weighted by Gasteiger charge is -2.33. The molecular weight excluding hydrogens is 250 g/mol. The molecule has 2 unspecified atom stereocenters. The molecule has 1 saturated carbocycles. The quantitative estimate of drug-likeness (QED) is 0.926. The Kier molecular flexibility index (Phi) is 3.22. The Balaban J connectivity index is 2.13. The van der Waals surface area contributed by atoms with E-state index in [4.69, 9.17) is 5.73 Å². The first-order chi connectivity index (χ1) is 9.75. The van der Waals surface area contributed by atoms with Gasteiger partial charge in [0.15, 0.2) is 0 Å². The third-order valence-electron chi connectivity index (χ3n) is 4.36. The molecule has 2 aromatic rings. The minimum atomic E-state index is -0.655. The molecule has 0 saturated heterocycles. The molecule has 4 heteroatoms. The lowest BCUT2D eigenvalue weighted by atomic mass is 9.70. The number of hydrogen-bond acceptors (Lipinski definition) is 3. The molecule has 1 aliphatic carbocycles. The third-order valence-corrected chi connectivity index (χ3v) is 4.36. The third kappa shape index (κ3) is 1.88. The molecule has 2 atom stereocenters. The molecule has 20 heavy (non-hydrogen) atoms. The van der Waals surface area contributed by atoms with E-state index in [1.165, 1.54) is 0 Å². The lowest BCUT2D eigenvalue weighted by Crippen LogP contribution is -2.43. The van der Waals surface area contributed by atoms with Gasteiger partial charge in [-0.3, -0.25) is 14.8 Å². The van der Waals surface area contributed by atoms with Crippen LogP contribution in [-0.2, 0) is 10.2 Å². The topological polar surface area (TPSA) is 68.9 Å². The average molecular weight is 267 g/mol. The molecule has 1 amide bonds. The van der Waals surface area contributed by atoms with E-state index in [1.54, 1.807) is 18.6 Å². The summed E-state index contributed by atoms with van der Waals surface area (Å²) in [6.07, 6.45) is 9.76. The van der Waals surface area contributed by atoms with Crippen molar-refractivity contribution in [3.05, 3.63) is 60.2 Å². The van der Waals surface area contributed by atoms with E-state index in [9.17, 15) is 4.79 Å². The number of pyridine rings is 2. The van der Waals surface area contributed by atoms with Crippen molar-refractivity contribution >= 4 is 5.91 Å². The highest BCUT2D eigenvalue weighted by Gasteiger charge is 2.49. The highest BCUT2D eigenvalue weighted by molar-refractivity contribution is 5.88. The standard InChI is InChI=1S/C16H17N3O/c17-15(20)16(13-5-3-9-19-11-13)7-1-6-14(16)12-4-2-8-18-10-12/h2-5,8-11,14H,1,6-7H2,(H2,17,20). The molecule has 3 rings (SSSR count). The van der Waals surface area contributed by atoms with Crippen LogP contribution in [-0.4, -0.2) is 15.9 Å². The Hall–Kier alpha value is -2.23. The molecule has 0 bridgehead atoms. The van der Waals surface area contributed by atoms with Crippen LogP contribution >= 0.6 is 0 Å². The van der Waals surface area contributed by atoms with Gasteiger partial charge >= 0.3 is 0 Å². The zero-order chi connectivity index (χ0) is 14.0. The number of nitrogens with two attached hydrogens (primary N) is 1. The van der Waals surface area contributed by atoms with Gasteiger partial charge in [0.1, 0.15) is 0 Å². The summed E-state index contributed by atoms with van der Waals surface area (Å²) in [6.45, 7) is 0. The number of rotatable bonds is 3. The predicted octanol–water partition coefficient (Wildman–Crippen LogP) is 2.17. The van der Waals surface area contributed by atoms with Crippen molar-refractivity contribution in [2.45, 2.75) is 30.6 Å². The number of aromatic nitrogens is 2. The van der Waals surface area contributed by atoms with E-state index >= 15 is 0 Å². The first kappa shape index (κ1) is 12.8. The molecule has 0 aromatic carbocycles. The van der Waals surface area contributed by atoms with Crippen molar-refractivity contribution in [1.29, 1.82) is 0 Å². The summed E-state index contributed by atoms with van der Waals surface area (Å²) in [4.78, 5) is 20.6. The maximum atomic E-state index is 12.3. The number of carbonyl (C=O) groups excluding carboxylic acids is 1. The van der Waals surface area contributed by atoms with Gasteiger partial charge in [-0.05, 0) is 36.1 Å². The minimum Gasteiger partial charge on any atom is -0.369 e. The molecule has 2 heterocycles. The second-order valence-corrected chi connectivity index (χ2v) is 5.31. The van der Waals surface area contributed by atoms with Gasteiger partial charge < -0.3 is 5.73 Å². The zero-order valence-electron chi connectivity index (χ0n) is 11.2. The molecule has 0 aliphatic heterocycles. The number of nitrogens with zero attached hydrogens (tertiary/aromatic N) is 2. The minimum absolute atomic E-state index is 0.0814. The van der Waals surface area contributed by atoms with Crippen LogP contribution in [0.4, 0.5) is 0 Å². The van der Waals surface area contributed by atoms with Gasteiger partial charge in [-0.15, -0.1) is 0 Å². The second-order valence-electron chi connectivity index (χ2n) is 5.31. The molecule has 0 radical (unpaired) electrons. The predicted molar refractivity (Wildman–Crippen MR) is 75.9 cm³/mol. The van der Waals surface area contributed by atoms with Crippen molar-refractivity contribution in [3.8, 4) is 0 Å². The Morgan fingerprint density at radius 2 is 1.95 bits per heavy atom. The first-order valence-electron chi connectivity index (χ1n) is 6.85. The maximum absolute atomic E-state index is 12.3. The monoisotopic (exact) mass is 267 g/mol. The van der Waals surface area contributed by atoms with Crippen molar-refractivity contribution in [2.75, 3.05) is 0 Å². The van der Waals surface area contributed by atoms with E-state index in [1.807, 2.05) is 30.5 Å². The van der Waals surface area contributed by atoms with Gasteiger partial charge in [0.25, 0.3) is 0 Å². The lowest BCUT2D eigenvalue weighted by molar-refractivity contribution is -0.123. The molecule has 1 aliphatic rings. The Morgan fingerprint density at radius 3 is 2.55 bits per heavy atom. The number of primary amides is 1. The van der Waals surface area contributed by atoms with E-state index in [0.29, 0.717) is 0 Å². The number of amides is 1. The average Bonchev–Trinajstić information content (AvgIpc) is 2.95. The van der Waals surface area contributed by atoms with E-state index < -0.39 is 5.41 Å². The van der Waals surface area contributed by atoms with Crippen LogP contribution in [0, 0.1) is 0 Å². The zero-order valence-corrected chi connectivity index (χ0v) is 11.2. The van der Waals surface area contributed by atoms with Crippen LogP contribution in [0.5, 0.6) is 0 Å². The smallest absolute Gasteiger partial charge is 0.228 e. The van der Waals surface area contributed by atoms with E-state index in [2.05, 4.69) is 9.97 Å². The van der Waals surface area contributed by atoms with Crippen LogP contribution < -0.4 is 5.73 Å². The molecule has 4 nitrogen and oxygen atoms in total. The van der Waals surface area contributed by atoms with E-state index in [0.717, 1.165) is 30.4 Å². The number of hydrogen-bond donors (Lipinski definition) is 1. The summed E-state index contributed by atoms with van der Waals surface area (Å²) in [5.74, 6) is -0.185. The second kappa shape index (κ2) is 5.04. The maximum Gasteiger partial charge on any atom is 0.228 e. The molecule has 102 valence electrons. The Bertz CT molecular complexity index is 600. The van der Waals surface area contributed by atoms with Gasteiger partial charge in [0.05, 0.1) is 5.41 Å². The summed E-state index contributed by atoms with van der Waals surface area (Å²) in [6, 6.07) is 7.74. The molecule has 2 N–H and O–H groups in total. The van der Waals surface area contributed by atoms with Gasteiger partial charge in [0.2, 0.25) is 5.91 Å². The van der Waals surface area contributed by atoms with Gasteiger partial charge in [0, 0.05) is 30.7 Å². The van der Waals surface area contributed by atoms with Crippen LogP contribution in [0.15, 0.2) is 49.1 Å². The van der Waals surface area contributed by atoms with Crippen molar-refractivity contribution in [1.82, 2.24) is 9.97 Å². The molecular formula is C16H17N3O. The molecule has 2 aromatic heterocycles. The van der Waals surface area contributed by atoms with Crippen LogP contribution in [0.25, 0.3) is 0 Å². The highest BCUT2D eigenvalue weighted by atomic mass is 16.1. The summed E-state index contributed by atoms with van der Waals surface area (Å²) < 4.78 is 0. The van der Waals surface area contributed by atoms with Crippen molar-refractivity contribution < 1.29 is 4.79 Å². The summed E-state index contributed by atoms with van der Waals surface area (Å²) >= 11 is 0. The van der Waals surface area contributed by atoms with Crippen LogP contribution in [0.2, 0.25) is 0 Å². The number of carbonyl (C=O) groups is 1. The molecule has 1 fully saturated rings. The molecule has 0 spiro atoms. The Morgan fingerprint density at radius 1 is 1.20 bits per heavy atom. The van der Waals surface area contributed by atoms with Gasteiger partial charge in [-0.25, -0.2) is 0 Å².